The van der Waals surface area contributed by atoms with Gasteiger partial charge in [0.1, 0.15) is 0 Å². The summed E-state index contributed by atoms with van der Waals surface area (Å²) in [5.41, 5.74) is 0. The van der Waals surface area contributed by atoms with Gasteiger partial charge < -0.3 is 9.53 Å². The highest BCUT2D eigenvalue weighted by Gasteiger charge is 2.36. The number of hydrogen-bond donors (Lipinski definition) is 1. The predicted octanol–water partition coefficient (Wildman–Crippen LogP) is 9.35. The molecule has 0 aromatic heterocycles. The maximum Gasteiger partial charge on any atom is 0.191 e. The van der Waals surface area contributed by atoms with Crippen LogP contribution >= 0.6 is 0 Å². The van der Waals surface area contributed by atoms with Crippen molar-refractivity contribution < 1.29 is 9.53 Å². The minimum atomic E-state index is -1.63. The molecule has 2 nitrogen and oxygen atoms in total. The van der Waals surface area contributed by atoms with Gasteiger partial charge in [0.15, 0.2) is 8.32 Å². The van der Waals surface area contributed by atoms with Gasteiger partial charge in [-0.1, -0.05) is 96.9 Å². The Balaban J connectivity index is 3.44. The smallest absolute Gasteiger partial charge is 0.191 e. The fraction of sp³-hybridized carbons (Fsp3) is 0.857. The van der Waals surface area contributed by atoms with Gasteiger partial charge in [-0.25, -0.2) is 0 Å². The molecule has 184 valence electrons. The second-order valence-corrected chi connectivity index (χ2v) is 15.6. The zero-order valence-electron chi connectivity index (χ0n) is 22.1. The molecule has 0 rings (SSSR count). The molecule has 0 aliphatic heterocycles. The first-order chi connectivity index (χ1) is 14.7. The van der Waals surface area contributed by atoms with Gasteiger partial charge in [0.25, 0.3) is 0 Å². The quantitative estimate of drug-likeness (QED) is 0.113. The summed E-state index contributed by atoms with van der Waals surface area (Å²) < 4.78 is 6.20. The first-order valence-corrected chi connectivity index (χ1v) is 16.2. The molecule has 31 heavy (non-hydrogen) atoms. The molecule has 0 aromatic rings. The molecular formula is C28H56O2Si. The van der Waals surface area contributed by atoms with E-state index in [0.717, 1.165) is 38.7 Å². The second kappa shape index (κ2) is 19.1. The van der Waals surface area contributed by atoms with E-state index in [4.69, 9.17) is 4.43 Å². The van der Waals surface area contributed by atoms with E-state index in [1.165, 1.54) is 64.2 Å². The molecule has 0 radical (unpaired) electrons. The van der Waals surface area contributed by atoms with E-state index < -0.39 is 8.32 Å². The minimum absolute atomic E-state index is 0.145. The van der Waals surface area contributed by atoms with Crippen molar-refractivity contribution in [2.75, 3.05) is 6.61 Å². The van der Waals surface area contributed by atoms with E-state index in [2.05, 4.69) is 65.1 Å². The van der Waals surface area contributed by atoms with Gasteiger partial charge in [0.2, 0.25) is 0 Å². The topological polar surface area (TPSA) is 29.5 Å². The van der Waals surface area contributed by atoms with Gasteiger partial charge in [-0.2, -0.15) is 0 Å². The van der Waals surface area contributed by atoms with Gasteiger partial charge in [-0.05, 0) is 69.5 Å². The normalized spacial score (nSPS) is 14.2. The second-order valence-electron chi connectivity index (χ2n) is 10.8. The van der Waals surface area contributed by atoms with Crippen LogP contribution in [0, 0.1) is 0 Å². The number of unbranched alkanes of at least 4 members (excludes halogenated alkanes) is 9. The van der Waals surface area contributed by atoms with Crippen molar-refractivity contribution in [3.05, 3.63) is 24.3 Å². The van der Waals surface area contributed by atoms with Gasteiger partial charge >= 0.3 is 0 Å². The molecule has 0 aromatic carbocycles. The first-order valence-electron chi connectivity index (χ1n) is 13.3. The minimum Gasteiger partial charge on any atom is -0.417 e. The maximum absolute atomic E-state index is 10.2. The van der Waals surface area contributed by atoms with Gasteiger partial charge in [-0.15, -0.1) is 0 Å². The average molecular weight is 453 g/mol. The molecule has 0 saturated heterocycles. The Kier molecular flexibility index (Phi) is 18.9. The van der Waals surface area contributed by atoms with Crippen LogP contribution in [0.1, 0.15) is 124 Å². The van der Waals surface area contributed by atoms with Crippen LogP contribution in [0.3, 0.4) is 0 Å². The molecule has 0 heterocycles. The van der Waals surface area contributed by atoms with Crippen LogP contribution in [0.4, 0.5) is 0 Å². The van der Waals surface area contributed by atoms with E-state index in [-0.39, 0.29) is 11.1 Å². The van der Waals surface area contributed by atoms with Crippen molar-refractivity contribution in [3.8, 4) is 0 Å². The number of allylic oxidation sites excluding steroid dienone is 4. The number of aliphatic hydroxyl groups excluding tert-OH is 1. The Hall–Kier alpha value is -0.383. The Labute approximate surface area is 197 Å². The van der Waals surface area contributed by atoms with Crippen LogP contribution in [-0.4, -0.2) is 26.1 Å². The van der Waals surface area contributed by atoms with Crippen molar-refractivity contribution in [2.24, 2.45) is 0 Å². The standard InChI is InChI=1S/C28H56O2Si/c1-7-8-9-10-11-12-13-14-15-16-17-18-19-20-21-22-24-27(29)25-23-26-30-31(5,6)28(2,3)4/h11-12,14-15,27,29H,7-10,13,16-26H2,1-6H3. The lowest BCUT2D eigenvalue weighted by molar-refractivity contribution is 0.138. The molecule has 0 aliphatic carbocycles. The van der Waals surface area contributed by atoms with E-state index in [1.807, 2.05) is 0 Å². The summed E-state index contributed by atoms with van der Waals surface area (Å²) in [5.74, 6) is 0. The summed E-state index contributed by atoms with van der Waals surface area (Å²) in [7, 11) is -1.63. The Morgan fingerprint density at radius 1 is 0.742 bits per heavy atom. The van der Waals surface area contributed by atoms with Crippen LogP contribution in [-0.2, 0) is 4.43 Å². The highest BCUT2D eigenvalue weighted by molar-refractivity contribution is 6.74. The molecule has 0 amide bonds. The summed E-state index contributed by atoms with van der Waals surface area (Å²) in [6.07, 6.45) is 27.3. The maximum atomic E-state index is 10.2. The molecule has 0 aliphatic rings. The van der Waals surface area contributed by atoms with E-state index in [1.54, 1.807) is 0 Å². The van der Waals surface area contributed by atoms with Crippen molar-refractivity contribution >= 4 is 8.32 Å². The zero-order valence-corrected chi connectivity index (χ0v) is 23.1. The molecule has 0 saturated carbocycles. The van der Waals surface area contributed by atoms with Gasteiger partial charge in [-0.3, -0.25) is 0 Å². The zero-order chi connectivity index (χ0) is 23.4. The van der Waals surface area contributed by atoms with Crippen LogP contribution in [0.25, 0.3) is 0 Å². The molecule has 0 fully saturated rings. The van der Waals surface area contributed by atoms with Crippen LogP contribution in [0.15, 0.2) is 24.3 Å². The summed E-state index contributed by atoms with van der Waals surface area (Å²) >= 11 is 0. The Morgan fingerprint density at radius 3 is 1.84 bits per heavy atom. The Morgan fingerprint density at radius 2 is 1.26 bits per heavy atom. The average Bonchev–Trinajstić information content (AvgIpc) is 2.70. The highest BCUT2D eigenvalue weighted by Crippen LogP contribution is 2.36. The predicted molar refractivity (Wildman–Crippen MR) is 142 cm³/mol. The molecule has 1 atom stereocenters. The van der Waals surface area contributed by atoms with E-state index >= 15 is 0 Å². The summed E-state index contributed by atoms with van der Waals surface area (Å²) in [5, 5.41) is 10.5. The number of rotatable bonds is 20. The molecule has 1 unspecified atom stereocenters. The molecular weight excluding hydrogens is 396 g/mol. The van der Waals surface area contributed by atoms with E-state index in [0.29, 0.717) is 0 Å². The first kappa shape index (κ1) is 30.6. The fourth-order valence-electron chi connectivity index (χ4n) is 3.38. The molecule has 0 bridgehead atoms. The molecule has 3 heteroatoms. The van der Waals surface area contributed by atoms with Crippen LogP contribution in [0.5, 0.6) is 0 Å². The SMILES string of the molecule is CCCCCC=CCC=CCCCCCCCCC(O)CCCO[Si](C)(C)C(C)(C)C. The lowest BCUT2D eigenvalue weighted by Crippen LogP contribution is -2.41. The van der Waals surface area contributed by atoms with Crippen molar-refractivity contribution in [3.63, 3.8) is 0 Å². The van der Waals surface area contributed by atoms with Crippen molar-refractivity contribution in [2.45, 2.75) is 148 Å². The fourth-order valence-corrected chi connectivity index (χ4v) is 4.46. The third-order valence-corrected chi connectivity index (χ3v) is 11.2. The van der Waals surface area contributed by atoms with Crippen LogP contribution < -0.4 is 0 Å². The van der Waals surface area contributed by atoms with Gasteiger partial charge in [0.05, 0.1) is 6.10 Å². The van der Waals surface area contributed by atoms with Crippen molar-refractivity contribution in [1.82, 2.24) is 0 Å². The van der Waals surface area contributed by atoms with Gasteiger partial charge in [0, 0.05) is 6.61 Å². The third kappa shape index (κ3) is 18.9. The molecule has 1 N–H and O–H groups in total. The Bertz CT molecular complexity index is 448. The van der Waals surface area contributed by atoms with Crippen LogP contribution in [0.2, 0.25) is 18.1 Å². The summed E-state index contributed by atoms with van der Waals surface area (Å²) in [4.78, 5) is 0. The lowest BCUT2D eigenvalue weighted by Gasteiger charge is -2.36. The monoisotopic (exact) mass is 452 g/mol. The lowest BCUT2D eigenvalue weighted by atomic mass is 10.0. The summed E-state index contributed by atoms with van der Waals surface area (Å²) in [6.45, 7) is 14.5. The number of hydrogen-bond acceptors (Lipinski definition) is 2. The number of aliphatic hydroxyl groups is 1. The highest BCUT2D eigenvalue weighted by atomic mass is 28.4. The largest absolute Gasteiger partial charge is 0.417 e. The van der Waals surface area contributed by atoms with E-state index in [9.17, 15) is 5.11 Å². The summed E-state index contributed by atoms with van der Waals surface area (Å²) in [6, 6.07) is 0. The van der Waals surface area contributed by atoms with Crippen molar-refractivity contribution in [1.29, 1.82) is 0 Å². The molecule has 0 spiro atoms. The third-order valence-electron chi connectivity index (χ3n) is 6.69.